The van der Waals surface area contributed by atoms with Crippen molar-refractivity contribution in [3.05, 3.63) is 11.6 Å². The molecule has 2 heteroatoms. The van der Waals surface area contributed by atoms with Crippen molar-refractivity contribution in [1.82, 2.24) is 0 Å². The second-order valence-electron chi connectivity index (χ2n) is 4.88. The predicted molar refractivity (Wildman–Crippen MR) is 67.6 cm³/mol. The monoisotopic (exact) mass is 226 g/mol. The summed E-state index contributed by atoms with van der Waals surface area (Å²) in [4.78, 5) is 0. The van der Waals surface area contributed by atoms with Crippen molar-refractivity contribution in [2.24, 2.45) is 5.92 Å². The van der Waals surface area contributed by atoms with E-state index in [1.807, 2.05) is 0 Å². The summed E-state index contributed by atoms with van der Waals surface area (Å²) in [7, 11) is 0. The average Bonchev–Trinajstić information content (AvgIpc) is 2.18. The Balaban J connectivity index is 2.20. The third-order valence-corrected chi connectivity index (χ3v) is 3.10. The predicted octanol–water partition coefficient (Wildman–Crippen LogP) is 3.56. The van der Waals surface area contributed by atoms with Crippen molar-refractivity contribution in [3.8, 4) is 0 Å². The Kier molecular flexibility index (Phi) is 6.74. The maximum Gasteiger partial charge on any atom is 0.104 e. The van der Waals surface area contributed by atoms with Gasteiger partial charge in [-0.2, -0.15) is 0 Å². The summed E-state index contributed by atoms with van der Waals surface area (Å²) in [5.74, 6) is 0.651. The van der Waals surface area contributed by atoms with Crippen molar-refractivity contribution >= 4 is 0 Å². The summed E-state index contributed by atoms with van der Waals surface area (Å²) < 4.78 is 10.7. The summed E-state index contributed by atoms with van der Waals surface area (Å²) in [5, 5.41) is 0. The molecule has 2 nitrogen and oxygen atoms in total. The Labute approximate surface area is 100 Å². The average molecular weight is 226 g/mol. The van der Waals surface area contributed by atoms with Crippen LogP contribution in [0.15, 0.2) is 11.6 Å². The van der Waals surface area contributed by atoms with E-state index >= 15 is 0 Å². The van der Waals surface area contributed by atoms with Crippen LogP contribution in [0.3, 0.4) is 0 Å². The molecule has 0 N–H and O–H groups in total. The maximum atomic E-state index is 5.66. The summed E-state index contributed by atoms with van der Waals surface area (Å²) in [5.41, 5.74) is 1.55. The first-order chi connectivity index (χ1) is 7.74. The Morgan fingerprint density at radius 3 is 2.62 bits per heavy atom. The van der Waals surface area contributed by atoms with E-state index in [-0.39, 0.29) is 0 Å². The van der Waals surface area contributed by atoms with E-state index in [0.717, 1.165) is 19.8 Å². The molecule has 0 atom stereocenters. The van der Waals surface area contributed by atoms with Crippen molar-refractivity contribution < 1.29 is 9.47 Å². The molecule has 1 rings (SSSR count). The number of rotatable bonds is 8. The SMILES string of the molecule is CCCCCC(=CCOC1COC1)C(C)C. The fourth-order valence-electron chi connectivity index (χ4n) is 1.81. The lowest BCUT2D eigenvalue weighted by molar-refractivity contribution is -0.122. The molecule has 0 aromatic carbocycles. The van der Waals surface area contributed by atoms with E-state index in [4.69, 9.17) is 9.47 Å². The smallest absolute Gasteiger partial charge is 0.104 e. The first kappa shape index (κ1) is 13.7. The molecule has 0 aromatic heterocycles. The highest BCUT2D eigenvalue weighted by Crippen LogP contribution is 2.18. The minimum Gasteiger partial charge on any atom is -0.376 e. The van der Waals surface area contributed by atoms with Gasteiger partial charge in [-0.1, -0.05) is 45.3 Å². The summed E-state index contributed by atoms with van der Waals surface area (Å²) >= 11 is 0. The lowest BCUT2D eigenvalue weighted by Crippen LogP contribution is -2.36. The lowest BCUT2D eigenvalue weighted by Gasteiger charge is -2.25. The standard InChI is InChI=1S/C14H26O2/c1-4-5-6-7-13(12(2)3)8-9-16-14-10-15-11-14/h8,12,14H,4-7,9-11H2,1-3H3. The van der Waals surface area contributed by atoms with Gasteiger partial charge in [-0.05, 0) is 18.8 Å². The van der Waals surface area contributed by atoms with Crippen LogP contribution in [0.5, 0.6) is 0 Å². The third kappa shape index (κ3) is 5.13. The number of hydrogen-bond donors (Lipinski definition) is 0. The molecule has 1 heterocycles. The molecular weight excluding hydrogens is 200 g/mol. The third-order valence-electron chi connectivity index (χ3n) is 3.10. The molecule has 0 aliphatic carbocycles. The molecule has 0 bridgehead atoms. The minimum atomic E-state index is 0.348. The number of hydrogen-bond acceptors (Lipinski definition) is 2. The van der Waals surface area contributed by atoms with Crippen LogP contribution < -0.4 is 0 Å². The number of ether oxygens (including phenoxy) is 2. The van der Waals surface area contributed by atoms with Crippen LogP contribution in [0.1, 0.15) is 46.5 Å². The molecular formula is C14H26O2. The van der Waals surface area contributed by atoms with Gasteiger partial charge in [-0.3, -0.25) is 0 Å². The van der Waals surface area contributed by atoms with E-state index in [1.165, 1.54) is 25.7 Å². The van der Waals surface area contributed by atoms with E-state index in [9.17, 15) is 0 Å². The van der Waals surface area contributed by atoms with Crippen LogP contribution in [0.4, 0.5) is 0 Å². The molecule has 0 aromatic rings. The van der Waals surface area contributed by atoms with Crippen LogP contribution in [-0.2, 0) is 9.47 Å². The first-order valence-corrected chi connectivity index (χ1v) is 6.62. The van der Waals surface area contributed by atoms with Gasteiger partial charge in [0.15, 0.2) is 0 Å². The van der Waals surface area contributed by atoms with Gasteiger partial charge in [-0.15, -0.1) is 0 Å². The highest BCUT2D eigenvalue weighted by molar-refractivity contribution is 5.05. The van der Waals surface area contributed by atoms with Gasteiger partial charge in [0.1, 0.15) is 6.10 Å². The zero-order chi connectivity index (χ0) is 11.8. The quantitative estimate of drug-likeness (QED) is 0.465. The molecule has 0 saturated carbocycles. The van der Waals surface area contributed by atoms with Crippen molar-refractivity contribution in [2.75, 3.05) is 19.8 Å². The molecule has 0 spiro atoms. The molecule has 0 unspecified atom stereocenters. The largest absolute Gasteiger partial charge is 0.376 e. The Morgan fingerprint density at radius 1 is 1.38 bits per heavy atom. The maximum absolute atomic E-state index is 5.66. The van der Waals surface area contributed by atoms with Crippen LogP contribution in [0.25, 0.3) is 0 Å². The summed E-state index contributed by atoms with van der Waals surface area (Å²) in [6.07, 6.45) is 7.80. The first-order valence-electron chi connectivity index (χ1n) is 6.62. The summed E-state index contributed by atoms with van der Waals surface area (Å²) in [6.45, 7) is 9.10. The Bertz CT molecular complexity index is 205. The van der Waals surface area contributed by atoms with Crippen LogP contribution in [0.2, 0.25) is 0 Å². The number of unbranched alkanes of at least 4 members (excludes halogenated alkanes) is 2. The van der Waals surface area contributed by atoms with E-state index in [0.29, 0.717) is 12.0 Å². The molecule has 1 saturated heterocycles. The van der Waals surface area contributed by atoms with Crippen LogP contribution in [0, 0.1) is 5.92 Å². The van der Waals surface area contributed by atoms with Gasteiger partial charge in [-0.25, -0.2) is 0 Å². The molecule has 1 fully saturated rings. The van der Waals surface area contributed by atoms with Gasteiger partial charge in [0.05, 0.1) is 19.8 Å². The number of allylic oxidation sites excluding steroid dienone is 1. The second-order valence-corrected chi connectivity index (χ2v) is 4.88. The molecule has 0 amide bonds. The van der Waals surface area contributed by atoms with Gasteiger partial charge in [0.25, 0.3) is 0 Å². The highest BCUT2D eigenvalue weighted by atomic mass is 16.6. The van der Waals surface area contributed by atoms with Crippen molar-refractivity contribution in [2.45, 2.75) is 52.6 Å². The van der Waals surface area contributed by atoms with Crippen LogP contribution in [-0.4, -0.2) is 25.9 Å². The normalized spacial score (nSPS) is 17.9. The van der Waals surface area contributed by atoms with Gasteiger partial charge < -0.3 is 9.47 Å². The van der Waals surface area contributed by atoms with E-state index in [2.05, 4.69) is 26.8 Å². The molecule has 0 radical (unpaired) electrons. The lowest BCUT2D eigenvalue weighted by atomic mass is 9.97. The highest BCUT2D eigenvalue weighted by Gasteiger charge is 2.17. The van der Waals surface area contributed by atoms with Crippen molar-refractivity contribution in [1.29, 1.82) is 0 Å². The van der Waals surface area contributed by atoms with E-state index in [1.54, 1.807) is 5.57 Å². The zero-order valence-electron chi connectivity index (χ0n) is 11.0. The van der Waals surface area contributed by atoms with Crippen LogP contribution >= 0.6 is 0 Å². The Hall–Kier alpha value is -0.340. The van der Waals surface area contributed by atoms with Gasteiger partial charge >= 0.3 is 0 Å². The fraction of sp³-hybridized carbons (Fsp3) is 0.857. The minimum absolute atomic E-state index is 0.348. The molecule has 1 aliphatic rings. The molecule has 1 aliphatic heterocycles. The van der Waals surface area contributed by atoms with Crippen molar-refractivity contribution in [3.63, 3.8) is 0 Å². The van der Waals surface area contributed by atoms with E-state index < -0.39 is 0 Å². The Morgan fingerprint density at radius 2 is 2.12 bits per heavy atom. The molecule has 16 heavy (non-hydrogen) atoms. The van der Waals surface area contributed by atoms with Gasteiger partial charge in [0, 0.05) is 0 Å². The zero-order valence-corrected chi connectivity index (χ0v) is 11.0. The topological polar surface area (TPSA) is 18.5 Å². The second kappa shape index (κ2) is 7.86. The summed E-state index contributed by atoms with van der Waals surface area (Å²) in [6, 6.07) is 0. The fourth-order valence-corrected chi connectivity index (χ4v) is 1.81. The van der Waals surface area contributed by atoms with Gasteiger partial charge in [0.2, 0.25) is 0 Å². The molecule has 94 valence electrons.